The molecule has 2 atom stereocenters. The summed E-state index contributed by atoms with van der Waals surface area (Å²) in [6.07, 6.45) is 0.319. The van der Waals surface area contributed by atoms with Crippen LogP contribution in [0.2, 0.25) is 0 Å². The van der Waals surface area contributed by atoms with Crippen molar-refractivity contribution in [3.63, 3.8) is 0 Å². The number of amides is 1. The second-order valence-corrected chi connectivity index (χ2v) is 11.5. The van der Waals surface area contributed by atoms with Gasteiger partial charge in [-0.2, -0.15) is 0 Å². The van der Waals surface area contributed by atoms with Gasteiger partial charge in [-0.25, -0.2) is 4.79 Å². The molecule has 4 rings (SSSR count). The topological polar surface area (TPSA) is 75.6 Å². The third-order valence-corrected chi connectivity index (χ3v) is 8.04. The normalized spacial score (nSPS) is 18.5. The Hall–Kier alpha value is -3.44. The Morgan fingerprint density at radius 3 is 2.21 bits per heavy atom. The van der Waals surface area contributed by atoms with Crippen molar-refractivity contribution in [2.45, 2.75) is 76.9 Å². The average Bonchev–Trinajstić information content (AvgIpc) is 2.91. The molecule has 3 aromatic carbocycles. The summed E-state index contributed by atoms with van der Waals surface area (Å²) in [6.45, 7) is 12.8. The molecular weight excluding hydrogens is 474 g/mol. The van der Waals surface area contributed by atoms with Crippen molar-refractivity contribution in [1.82, 2.24) is 5.32 Å². The Morgan fingerprint density at radius 1 is 0.921 bits per heavy atom. The smallest absolute Gasteiger partial charge is 0.328 e. The van der Waals surface area contributed by atoms with Gasteiger partial charge < -0.3 is 15.2 Å². The van der Waals surface area contributed by atoms with E-state index in [0.29, 0.717) is 23.5 Å². The lowest BCUT2D eigenvalue weighted by Crippen LogP contribution is -2.56. The molecule has 0 unspecified atom stereocenters. The first kappa shape index (κ1) is 27.6. The number of ether oxygens (including phenoxy) is 1. The van der Waals surface area contributed by atoms with E-state index in [1.807, 2.05) is 36.4 Å². The Bertz CT molecular complexity index is 1330. The van der Waals surface area contributed by atoms with Crippen LogP contribution in [-0.4, -0.2) is 30.1 Å². The molecule has 0 bridgehead atoms. The summed E-state index contributed by atoms with van der Waals surface area (Å²) >= 11 is 0. The number of aliphatic hydroxyl groups is 1. The van der Waals surface area contributed by atoms with E-state index < -0.39 is 28.9 Å². The zero-order valence-electron chi connectivity index (χ0n) is 23.5. The molecule has 0 fully saturated rings. The second-order valence-electron chi connectivity index (χ2n) is 11.5. The van der Waals surface area contributed by atoms with Crippen molar-refractivity contribution in [3.05, 3.63) is 106 Å². The van der Waals surface area contributed by atoms with Crippen molar-refractivity contribution < 1.29 is 19.4 Å². The summed E-state index contributed by atoms with van der Waals surface area (Å²) in [7, 11) is 1.32. The van der Waals surface area contributed by atoms with Gasteiger partial charge in [0.1, 0.15) is 11.6 Å². The minimum Gasteiger partial charge on any atom is -0.467 e. The van der Waals surface area contributed by atoms with Crippen LogP contribution in [0.15, 0.2) is 66.7 Å². The Labute approximate surface area is 226 Å². The Kier molecular flexibility index (Phi) is 7.53. The lowest BCUT2D eigenvalue weighted by molar-refractivity contribution is -0.142. The molecule has 5 nitrogen and oxygen atoms in total. The highest BCUT2D eigenvalue weighted by Crippen LogP contribution is 2.60. The second kappa shape index (κ2) is 10.4. The van der Waals surface area contributed by atoms with Gasteiger partial charge in [0.05, 0.1) is 7.11 Å². The van der Waals surface area contributed by atoms with Crippen LogP contribution in [0.5, 0.6) is 0 Å². The van der Waals surface area contributed by atoms with Crippen LogP contribution in [0.1, 0.15) is 97.1 Å². The molecule has 200 valence electrons. The Morgan fingerprint density at radius 2 is 1.61 bits per heavy atom. The Balaban J connectivity index is 1.70. The van der Waals surface area contributed by atoms with E-state index in [0.717, 1.165) is 22.3 Å². The summed E-state index contributed by atoms with van der Waals surface area (Å²) in [4.78, 5) is 25.8. The standard InChI is InChI=1S/C33H39NO4/c1-20(2)24-18-26(21(3)4)29-27(19-24)32(5,6)33(29,37)25-15-11-14-23(17-25)30(35)34-28(31(36)38-7)16-22-12-9-8-10-13-22/h8-15,17-21,28,37H,16H2,1-7H3,(H,34,35)/t28-,33+/m0/s1. The highest BCUT2D eigenvalue weighted by atomic mass is 16.5. The van der Waals surface area contributed by atoms with Gasteiger partial charge in [-0.15, -0.1) is 0 Å². The number of benzene rings is 3. The van der Waals surface area contributed by atoms with Crippen LogP contribution >= 0.6 is 0 Å². The quantitative estimate of drug-likeness (QED) is 0.364. The minimum atomic E-state index is -1.25. The predicted molar refractivity (Wildman–Crippen MR) is 151 cm³/mol. The molecule has 0 radical (unpaired) electrons. The van der Waals surface area contributed by atoms with Crippen LogP contribution in [-0.2, 0) is 27.0 Å². The minimum absolute atomic E-state index is 0.232. The van der Waals surface area contributed by atoms with E-state index in [4.69, 9.17) is 4.74 Å². The zero-order chi connectivity index (χ0) is 27.8. The average molecular weight is 514 g/mol. The van der Waals surface area contributed by atoms with E-state index in [-0.39, 0.29) is 5.92 Å². The van der Waals surface area contributed by atoms with E-state index in [2.05, 4.69) is 59.0 Å². The molecular formula is C33H39NO4. The number of rotatable bonds is 8. The molecule has 1 amide bonds. The summed E-state index contributed by atoms with van der Waals surface area (Å²) in [6, 6.07) is 20.2. The van der Waals surface area contributed by atoms with Crippen molar-refractivity contribution >= 4 is 11.9 Å². The lowest BCUT2D eigenvalue weighted by Gasteiger charge is -2.56. The number of esters is 1. The van der Waals surface area contributed by atoms with Crippen LogP contribution < -0.4 is 5.32 Å². The van der Waals surface area contributed by atoms with Gasteiger partial charge >= 0.3 is 5.97 Å². The number of fused-ring (bicyclic) bond motifs is 1. The highest BCUT2D eigenvalue weighted by molar-refractivity contribution is 5.97. The lowest BCUT2D eigenvalue weighted by atomic mass is 9.50. The van der Waals surface area contributed by atoms with Crippen LogP contribution in [0.25, 0.3) is 0 Å². The number of carbonyl (C=O) groups excluding carboxylic acids is 2. The van der Waals surface area contributed by atoms with Crippen molar-refractivity contribution in [1.29, 1.82) is 0 Å². The summed E-state index contributed by atoms with van der Waals surface area (Å²) in [5.74, 6) is -0.282. The molecule has 0 saturated carbocycles. The largest absolute Gasteiger partial charge is 0.467 e. The SMILES string of the molecule is COC(=O)[C@H](Cc1ccccc1)NC(=O)c1cccc([C@@]2(O)c3c(C(C)C)cc(C(C)C)cc3C2(C)C)c1. The van der Waals surface area contributed by atoms with E-state index in [9.17, 15) is 14.7 Å². The molecule has 1 aliphatic carbocycles. The third-order valence-electron chi connectivity index (χ3n) is 8.04. The van der Waals surface area contributed by atoms with Gasteiger partial charge in [-0.3, -0.25) is 4.79 Å². The molecule has 38 heavy (non-hydrogen) atoms. The number of methoxy groups -OCH3 is 1. The molecule has 5 heteroatoms. The zero-order valence-corrected chi connectivity index (χ0v) is 23.5. The summed E-state index contributed by atoms with van der Waals surface area (Å²) in [5, 5.41) is 15.2. The fraction of sp³-hybridized carbons (Fsp3) is 0.394. The number of hydrogen-bond donors (Lipinski definition) is 2. The molecule has 3 aromatic rings. The number of carbonyl (C=O) groups is 2. The molecule has 2 N–H and O–H groups in total. The fourth-order valence-electron chi connectivity index (χ4n) is 5.64. The molecule has 0 aromatic heterocycles. The molecule has 0 heterocycles. The van der Waals surface area contributed by atoms with E-state index >= 15 is 0 Å². The van der Waals surface area contributed by atoms with Crippen molar-refractivity contribution in [2.24, 2.45) is 0 Å². The maximum absolute atomic E-state index is 13.4. The van der Waals surface area contributed by atoms with Gasteiger partial charge in [-0.1, -0.05) is 96.1 Å². The highest BCUT2D eigenvalue weighted by Gasteiger charge is 2.59. The van der Waals surface area contributed by atoms with Gasteiger partial charge in [-0.05, 0) is 57.3 Å². The molecule has 1 aliphatic rings. The van der Waals surface area contributed by atoms with Crippen LogP contribution in [0.4, 0.5) is 0 Å². The van der Waals surface area contributed by atoms with Gasteiger partial charge in [0.25, 0.3) is 5.91 Å². The van der Waals surface area contributed by atoms with E-state index in [1.165, 1.54) is 12.7 Å². The maximum Gasteiger partial charge on any atom is 0.328 e. The first-order chi connectivity index (χ1) is 17.9. The van der Waals surface area contributed by atoms with E-state index in [1.54, 1.807) is 18.2 Å². The molecule has 0 aliphatic heterocycles. The van der Waals surface area contributed by atoms with Gasteiger partial charge in [0, 0.05) is 17.4 Å². The predicted octanol–water partition coefficient (Wildman–Crippen LogP) is 5.97. The summed E-state index contributed by atoms with van der Waals surface area (Å²) < 4.78 is 4.96. The van der Waals surface area contributed by atoms with Gasteiger partial charge in [0.15, 0.2) is 0 Å². The van der Waals surface area contributed by atoms with Crippen LogP contribution in [0.3, 0.4) is 0 Å². The first-order valence-electron chi connectivity index (χ1n) is 13.4. The third kappa shape index (κ3) is 4.64. The first-order valence-corrected chi connectivity index (χ1v) is 13.4. The number of hydrogen-bond acceptors (Lipinski definition) is 4. The number of nitrogens with one attached hydrogen (secondary N) is 1. The van der Waals surface area contributed by atoms with Crippen molar-refractivity contribution in [3.8, 4) is 0 Å². The fourth-order valence-corrected chi connectivity index (χ4v) is 5.64. The maximum atomic E-state index is 13.4. The molecule has 0 saturated heterocycles. The monoisotopic (exact) mass is 513 g/mol. The van der Waals surface area contributed by atoms with Crippen LogP contribution in [0, 0.1) is 0 Å². The summed E-state index contributed by atoms with van der Waals surface area (Å²) in [5.41, 5.74) is 4.66. The van der Waals surface area contributed by atoms with Gasteiger partial charge in [0.2, 0.25) is 0 Å². The molecule has 0 spiro atoms. The van der Waals surface area contributed by atoms with Crippen molar-refractivity contribution in [2.75, 3.05) is 7.11 Å².